The number of hydrogen-bond acceptors (Lipinski definition) is 3. The highest BCUT2D eigenvalue weighted by atomic mass is 35.5. The molecule has 0 bridgehead atoms. The van der Waals surface area contributed by atoms with Gasteiger partial charge in [-0.2, -0.15) is 0 Å². The van der Waals surface area contributed by atoms with Gasteiger partial charge < -0.3 is 14.6 Å². The summed E-state index contributed by atoms with van der Waals surface area (Å²) >= 11 is 6.04. The predicted molar refractivity (Wildman–Crippen MR) is 68.0 cm³/mol. The van der Waals surface area contributed by atoms with E-state index in [-0.39, 0.29) is 12.4 Å². The minimum atomic E-state index is -1.10. The van der Waals surface area contributed by atoms with Crippen LogP contribution in [0.5, 0.6) is 11.5 Å². The second-order valence-corrected chi connectivity index (χ2v) is 4.57. The summed E-state index contributed by atoms with van der Waals surface area (Å²) in [5, 5.41) is 10.6. The number of aliphatic hydroxyl groups excluding tert-OH is 1. The zero-order valence-electron chi connectivity index (χ0n) is 9.77. The van der Waals surface area contributed by atoms with Gasteiger partial charge in [-0.05, 0) is 23.8 Å². The molecule has 0 amide bonds. The molecular weight excluding hydrogens is 271 g/mol. The smallest absolute Gasteiger partial charge is 0.231 e. The molecular formula is C14H10ClFO3. The van der Waals surface area contributed by atoms with Gasteiger partial charge in [0.25, 0.3) is 0 Å². The Balaban J connectivity index is 2.03. The highest BCUT2D eigenvalue weighted by Crippen LogP contribution is 2.42. The highest BCUT2D eigenvalue weighted by molar-refractivity contribution is 6.32. The standard InChI is InChI=1S/C14H10ClFO3/c15-10-5-8(6-12-14(10)19-7-18-12)13(17)9-3-1-2-4-11(9)16/h1-6,13,17H,7H2. The Morgan fingerprint density at radius 1 is 1.21 bits per heavy atom. The number of aliphatic hydroxyl groups is 1. The van der Waals surface area contributed by atoms with Crippen LogP contribution >= 0.6 is 11.6 Å². The van der Waals surface area contributed by atoms with E-state index in [4.69, 9.17) is 21.1 Å². The molecule has 0 saturated carbocycles. The summed E-state index contributed by atoms with van der Waals surface area (Å²) < 4.78 is 24.1. The van der Waals surface area contributed by atoms with Crippen molar-refractivity contribution in [2.24, 2.45) is 0 Å². The molecule has 0 radical (unpaired) electrons. The van der Waals surface area contributed by atoms with E-state index in [1.807, 2.05) is 0 Å². The number of ether oxygens (including phenoxy) is 2. The average Bonchev–Trinajstić information content (AvgIpc) is 2.87. The van der Waals surface area contributed by atoms with Gasteiger partial charge in [-0.25, -0.2) is 4.39 Å². The Hall–Kier alpha value is -1.78. The highest BCUT2D eigenvalue weighted by Gasteiger charge is 2.22. The Kier molecular flexibility index (Phi) is 3.05. The zero-order chi connectivity index (χ0) is 13.4. The van der Waals surface area contributed by atoms with Crippen molar-refractivity contribution in [3.05, 3.63) is 58.4 Å². The molecule has 19 heavy (non-hydrogen) atoms. The van der Waals surface area contributed by atoms with Crippen molar-refractivity contribution in [1.29, 1.82) is 0 Å². The van der Waals surface area contributed by atoms with Crippen LogP contribution in [0.25, 0.3) is 0 Å². The summed E-state index contributed by atoms with van der Waals surface area (Å²) in [4.78, 5) is 0. The average molecular weight is 281 g/mol. The van der Waals surface area contributed by atoms with Gasteiger partial charge in [0.2, 0.25) is 6.79 Å². The van der Waals surface area contributed by atoms with Gasteiger partial charge in [-0.3, -0.25) is 0 Å². The van der Waals surface area contributed by atoms with Gasteiger partial charge in [-0.1, -0.05) is 29.8 Å². The van der Waals surface area contributed by atoms with Crippen molar-refractivity contribution in [2.75, 3.05) is 6.79 Å². The fraction of sp³-hybridized carbons (Fsp3) is 0.143. The molecule has 0 spiro atoms. The molecule has 1 aliphatic rings. The van der Waals surface area contributed by atoms with E-state index in [1.54, 1.807) is 24.3 Å². The largest absolute Gasteiger partial charge is 0.454 e. The molecule has 1 atom stereocenters. The maximum Gasteiger partial charge on any atom is 0.231 e. The van der Waals surface area contributed by atoms with Crippen molar-refractivity contribution >= 4 is 11.6 Å². The number of halogens is 2. The Morgan fingerprint density at radius 3 is 2.79 bits per heavy atom. The maximum atomic E-state index is 13.7. The molecule has 1 N–H and O–H groups in total. The lowest BCUT2D eigenvalue weighted by Gasteiger charge is -2.13. The molecule has 2 aromatic carbocycles. The summed E-state index contributed by atoms with van der Waals surface area (Å²) in [5.74, 6) is 0.438. The SMILES string of the molecule is OC(c1cc(Cl)c2c(c1)OCO2)c1ccccc1F. The number of rotatable bonds is 2. The lowest BCUT2D eigenvalue weighted by molar-refractivity contribution is 0.173. The van der Waals surface area contributed by atoms with Crippen LogP contribution in [-0.4, -0.2) is 11.9 Å². The van der Waals surface area contributed by atoms with Crippen LogP contribution in [0.15, 0.2) is 36.4 Å². The fourth-order valence-electron chi connectivity index (χ4n) is 2.02. The van der Waals surface area contributed by atoms with Crippen molar-refractivity contribution in [3.63, 3.8) is 0 Å². The van der Waals surface area contributed by atoms with Crippen molar-refractivity contribution in [1.82, 2.24) is 0 Å². The molecule has 3 nitrogen and oxygen atoms in total. The van der Waals surface area contributed by atoms with Gasteiger partial charge in [0.15, 0.2) is 11.5 Å². The van der Waals surface area contributed by atoms with Crippen molar-refractivity contribution in [2.45, 2.75) is 6.10 Å². The second kappa shape index (κ2) is 4.72. The zero-order valence-corrected chi connectivity index (χ0v) is 10.5. The molecule has 3 rings (SSSR count). The van der Waals surface area contributed by atoms with E-state index in [0.29, 0.717) is 22.1 Å². The summed E-state index contributed by atoms with van der Waals surface area (Å²) in [6.07, 6.45) is -1.10. The summed E-state index contributed by atoms with van der Waals surface area (Å²) in [7, 11) is 0. The summed E-state index contributed by atoms with van der Waals surface area (Å²) in [6, 6.07) is 9.21. The van der Waals surface area contributed by atoms with E-state index in [9.17, 15) is 9.50 Å². The molecule has 0 saturated heterocycles. The Morgan fingerprint density at radius 2 is 2.00 bits per heavy atom. The van der Waals surface area contributed by atoms with Crippen LogP contribution in [0.2, 0.25) is 5.02 Å². The van der Waals surface area contributed by atoms with E-state index in [0.717, 1.165) is 0 Å². The van der Waals surface area contributed by atoms with Crippen LogP contribution in [0.1, 0.15) is 17.2 Å². The Bertz CT molecular complexity index is 630. The quantitative estimate of drug-likeness (QED) is 0.917. The third-order valence-electron chi connectivity index (χ3n) is 2.97. The number of hydrogen-bond donors (Lipinski definition) is 1. The van der Waals surface area contributed by atoms with Gasteiger partial charge in [-0.15, -0.1) is 0 Å². The number of benzene rings is 2. The summed E-state index contributed by atoms with van der Waals surface area (Å²) in [6.45, 7) is 0.0916. The summed E-state index contributed by atoms with van der Waals surface area (Å²) in [5.41, 5.74) is 0.650. The molecule has 0 aromatic heterocycles. The van der Waals surface area contributed by atoms with Crippen LogP contribution < -0.4 is 9.47 Å². The third-order valence-corrected chi connectivity index (χ3v) is 3.25. The monoisotopic (exact) mass is 280 g/mol. The topological polar surface area (TPSA) is 38.7 Å². The molecule has 1 aliphatic heterocycles. The normalized spacial score (nSPS) is 14.5. The molecule has 5 heteroatoms. The molecule has 1 unspecified atom stereocenters. The fourth-order valence-corrected chi connectivity index (χ4v) is 2.30. The van der Waals surface area contributed by atoms with E-state index < -0.39 is 11.9 Å². The Labute approximate surface area is 114 Å². The minimum absolute atomic E-state index is 0.0916. The minimum Gasteiger partial charge on any atom is -0.454 e. The first-order valence-electron chi connectivity index (χ1n) is 5.68. The van der Waals surface area contributed by atoms with Crippen molar-refractivity contribution < 1.29 is 19.0 Å². The van der Waals surface area contributed by atoms with Crippen LogP contribution in [0.3, 0.4) is 0 Å². The third kappa shape index (κ3) is 2.13. The first-order valence-corrected chi connectivity index (χ1v) is 6.06. The van der Waals surface area contributed by atoms with Crippen LogP contribution in [0.4, 0.5) is 4.39 Å². The molecule has 2 aromatic rings. The molecule has 98 valence electrons. The number of fused-ring (bicyclic) bond motifs is 1. The first-order chi connectivity index (χ1) is 9.16. The van der Waals surface area contributed by atoms with Crippen LogP contribution in [-0.2, 0) is 0 Å². The molecule has 1 heterocycles. The molecule has 0 fully saturated rings. The van der Waals surface area contributed by atoms with Gasteiger partial charge in [0.05, 0.1) is 5.02 Å². The first kappa shape index (κ1) is 12.3. The van der Waals surface area contributed by atoms with Gasteiger partial charge in [0.1, 0.15) is 11.9 Å². The van der Waals surface area contributed by atoms with E-state index in [1.165, 1.54) is 12.1 Å². The second-order valence-electron chi connectivity index (χ2n) is 4.16. The molecule has 0 aliphatic carbocycles. The predicted octanol–water partition coefficient (Wildman–Crippen LogP) is 3.29. The lowest BCUT2D eigenvalue weighted by atomic mass is 10.0. The van der Waals surface area contributed by atoms with E-state index >= 15 is 0 Å². The maximum absolute atomic E-state index is 13.7. The van der Waals surface area contributed by atoms with Gasteiger partial charge in [0, 0.05) is 5.56 Å². The van der Waals surface area contributed by atoms with Gasteiger partial charge >= 0.3 is 0 Å². The van der Waals surface area contributed by atoms with E-state index in [2.05, 4.69) is 0 Å². The van der Waals surface area contributed by atoms with Crippen molar-refractivity contribution in [3.8, 4) is 11.5 Å². The lowest BCUT2D eigenvalue weighted by Crippen LogP contribution is -2.02. The van der Waals surface area contributed by atoms with Crippen LogP contribution in [0, 0.1) is 5.82 Å².